The van der Waals surface area contributed by atoms with Crippen molar-refractivity contribution >= 4 is 11.2 Å². The van der Waals surface area contributed by atoms with Gasteiger partial charge in [-0.15, -0.1) is 0 Å². The molecular weight excluding hydrogens is 430 g/mol. The summed E-state index contributed by atoms with van der Waals surface area (Å²) >= 11 is 0. The van der Waals surface area contributed by atoms with Crippen molar-refractivity contribution in [2.45, 2.75) is 12.6 Å². The van der Waals surface area contributed by atoms with Crippen LogP contribution >= 0.6 is 0 Å². The quantitative estimate of drug-likeness (QED) is 0.393. The van der Waals surface area contributed by atoms with Crippen LogP contribution in [0.4, 0.5) is 0 Å². The zero-order valence-corrected chi connectivity index (χ0v) is 18.9. The van der Waals surface area contributed by atoms with Gasteiger partial charge in [0.25, 0.3) is 0 Å². The summed E-state index contributed by atoms with van der Waals surface area (Å²) in [7, 11) is 3.56. The Kier molecular flexibility index (Phi) is 4.91. The molecule has 1 unspecified atom stereocenters. The van der Waals surface area contributed by atoms with Gasteiger partial charge in [0.05, 0.1) is 26.2 Å². The molecule has 6 rings (SSSR count). The summed E-state index contributed by atoms with van der Waals surface area (Å²) in [6, 6.07) is 15.9. The van der Waals surface area contributed by atoms with Crippen molar-refractivity contribution in [3.63, 3.8) is 0 Å². The first-order valence-electron chi connectivity index (χ1n) is 11.0. The number of methoxy groups -OCH3 is 1. The molecule has 0 bridgehead atoms. The van der Waals surface area contributed by atoms with E-state index in [1.807, 2.05) is 79.0 Å². The van der Waals surface area contributed by atoms with E-state index in [0.717, 1.165) is 50.7 Å². The lowest BCUT2D eigenvalue weighted by Gasteiger charge is -2.27. The molecule has 34 heavy (non-hydrogen) atoms. The molecular formula is C26H23N5O3. The summed E-state index contributed by atoms with van der Waals surface area (Å²) in [5.41, 5.74) is 5.84. The molecule has 2 aromatic carbocycles. The minimum Gasteiger partial charge on any atom is -0.497 e. The third-order valence-corrected chi connectivity index (χ3v) is 6.00. The molecule has 0 radical (unpaired) electrons. The molecule has 0 fully saturated rings. The molecule has 0 saturated carbocycles. The van der Waals surface area contributed by atoms with Gasteiger partial charge in [-0.05, 0) is 41.5 Å². The van der Waals surface area contributed by atoms with E-state index >= 15 is 0 Å². The average Bonchev–Trinajstić information content (AvgIpc) is 3.49. The van der Waals surface area contributed by atoms with Crippen LogP contribution in [0.25, 0.3) is 22.3 Å². The van der Waals surface area contributed by atoms with Gasteiger partial charge in [0.2, 0.25) is 0 Å². The molecule has 5 aromatic rings. The molecule has 8 heteroatoms. The lowest BCUT2D eigenvalue weighted by Crippen LogP contribution is -2.21. The summed E-state index contributed by atoms with van der Waals surface area (Å²) in [6.45, 7) is 1.09. The van der Waals surface area contributed by atoms with Gasteiger partial charge in [0.1, 0.15) is 17.9 Å². The van der Waals surface area contributed by atoms with Gasteiger partial charge in [-0.25, -0.2) is 9.97 Å². The molecule has 0 saturated heterocycles. The predicted octanol–water partition coefficient (Wildman–Crippen LogP) is 4.40. The predicted molar refractivity (Wildman–Crippen MR) is 127 cm³/mol. The fraction of sp³-hybridized carbons (Fsp3) is 0.192. The normalized spacial score (nSPS) is 14.9. The van der Waals surface area contributed by atoms with E-state index in [-0.39, 0.29) is 6.10 Å². The highest BCUT2D eigenvalue weighted by Gasteiger charge is 2.23. The van der Waals surface area contributed by atoms with Gasteiger partial charge in [0, 0.05) is 30.6 Å². The second-order valence-corrected chi connectivity index (χ2v) is 8.31. The van der Waals surface area contributed by atoms with E-state index in [2.05, 4.69) is 21.1 Å². The van der Waals surface area contributed by atoms with Gasteiger partial charge >= 0.3 is 0 Å². The average molecular weight is 454 g/mol. The van der Waals surface area contributed by atoms with E-state index in [9.17, 15) is 0 Å². The summed E-state index contributed by atoms with van der Waals surface area (Å²) in [6.07, 6.45) is 7.32. The van der Waals surface area contributed by atoms with Crippen molar-refractivity contribution in [1.82, 2.24) is 24.3 Å². The number of pyridine rings is 1. The van der Waals surface area contributed by atoms with Gasteiger partial charge in [0.15, 0.2) is 23.3 Å². The van der Waals surface area contributed by atoms with Crippen molar-refractivity contribution in [3.05, 3.63) is 84.6 Å². The van der Waals surface area contributed by atoms with Gasteiger partial charge in [-0.3, -0.25) is 4.68 Å². The van der Waals surface area contributed by atoms with Crippen molar-refractivity contribution in [2.24, 2.45) is 7.05 Å². The van der Waals surface area contributed by atoms with E-state index in [1.165, 1.54) is 0 Å². The second-order valence-electron chi connectivity index (χ2n) is 8.31. The van der Waals surface area contributed by atoms with Crippen molar-refractivity contribution in [3.8, 4) is 28.4 Å². The largest absolute Gasteiger partial charge is 0.497 e. The minimum atomic E-state index is -0.153. The maximum Gasteiger partial charge on any atom is 0.162 e. The van der Waals surface area contributed by atoms with Crippen LogP contribution in [-0.4, -0.2) is 38.0 Å². The molecule has 1 atom stereocenters. The van der Waals surface area contributed by atoms with Crippen molar-refractivity contribution in [2.75, 3.05) is 13.7 Å². The Labute approximate surface area is 196 Å². The van der Waals surface area contributed by atoms with Crippen LogP contribution in [0.1, 0.15) is 17.2 Å². The molecule has 0 spiro atoms. The SMILES string of the molecule is COc1ccc(C2COc3cc(Cn4cnc5cc(-c6cnn(C)c6)cnc54)ccc3O2)cc1. The monoisotopic (exact) mass is 453 g/mol. The summed E-state index contributed by atoms with van der Waals surface area (Å²) in [4.78, 5) is 9.22. The standard InChI is InChI=1S/C26H23N5O3/c1-30-14-20(12-29-30)19-10-22-26(27-11-19)31(16-28-22)13-17-3-8-23-24(9-17)33-15-25(34-23)18-4-6-21(32-2)7-5-18/h3-12,14,16,25H,13,15H2,1-2H3. The molecule has 4 heterocycles. The Bertz CT molecular complexity index is 1470. The molecule has 170 valence electrons. The highest BCUT2D eigenvalue weighted by molar-refractivity contribution is 5.77. The minimum absolute atomic E-state index is 0.153. The maximum absolute atomic E-state index is 6.20. The van der Waals surface area contributed by atoms with E-state index in [1.54, 1.807) is 11.8 Å². The van der Waals surface area contributed by atoms with Gasteiger partial charge in [-0.1, -0.05) is 18.2 Å². The Morgan fingerprint density at radius 1 is 1.00 bits per heavy atom. The van der Waals surface area contributed by atoms with Crippen LogP contribution in [0.3, 0.4) is 0 Å². The fourth-order valence-corrected chi connectivity index (χ4v) is 4.19. The van der Waals surface area contributed by atoms with Crippen LogP contribution in [0.15, 0.2) is 73.4 Å². The zero-order chi connectivity index (χ0) is 23.1. The number of ether oxygens (including phenoxy) is 3. The number of hydrogen-bond donors (Lipinski definition) is 0. The number of fused-ring (bicyclic) bond motifs is 2. The van der Waals surface area contributed by atoms with E-state index in [0.29, 0.717) is 13.2 Å². The molecule has 1 aliphatic heterocycles. The topological polar surface area (TPSA) is 76.2 Å². The first-order chi connectivity index (χ1) is 16.7. The van der Waals surface area contributed by atoms with Crippen LogP contribution in [-0.2, 0) is 13.6 Å². The molecule has 3 aromatic heterocycles. The highest BCUT2D eigenvalue weighted by atomic mass is 16.6. The molecule has 0 aliphatic carbocycles. The van der Waals surface area contributed by atoms with Crippen LogP contribution in [0.5, 0.6) is 17.2 Å². The fourth-order valence-electron chi connectivity index (χ4n) is 4.19. The summed E-state index contributed by atoms with van der Waals surface area (Å²) in [5, 5.41) is 4.23. The Balaban J connectivity index is 1.20. The van der Waals surface area contributed by atoms with E-state index < -0.39 is 0 Å². The molecule has 0 N–H and O–H groups in total. The summed E-state index contributed by atoms with van der Waals surface area (Å²) < 4.78 is 21.3. The Hall–Kier alpha value is -4.33. The summed E-state index contributed by atoms with van der Waals surface area (Å²) in [5.74, 6) is 2.31. The smallest absolute Gasteiger partial charge is 0.162 e. The molecule has 1 aliphatic rings. The van der Waals surface area contributed by atoms with Crippen LogP contribution in [0.2, 0.25) is 0 Å². The maximum atomic E-state index is 6.20. The first-order valence-corrected chi connectivity index (χ1v) is 11.0. The Morgan fingerprint density at radius 3 is 2.68 bits per heavy atom. The number of nitrogens with zero attached hydrogens (tertiary/aromatic N) is 5. The van der Waals surface area contributed by atoms with Crippen molar-refractivity contribution in [1.29, 1.82) is 0 Å². The molecule has 0 amide bonds. The number of rotatable bonds is 5. The van der Waals surface area contributed by atoms with Gasteiger partial charge in [-0.2, -0.15) is 5.10 Å². The lowest BCUT2D eigenvalue weighted by molar-refractivity contribution is 0.0911. The number of aryl methyl sites for hydroxylation is 1. The number of aromatic nitrogens is 5. The third kappa shape index (κ3) is 3.73. The zero-order valence-electron chi connectivity index (χ0n) is 18.9. The lowest BCUT2D eigenvalue weighted by atomic mass is 10.1. The number of imidazole rings is 1. The van der Waals surface area contributed by atoms with E-state index in [4.69, 9.17) is 14.2 Å². The van der Waals surface area contributed by atoms with Crippen LogP contribution < -0.4 is 14.2 Å². The van der Waals surface area contributed by atoms with Crippen molar-refractivity contribution < 1.29 is 14.2 Å². The number of benzene rings is 2. The Morgan fingerprint density at radius 2 is 1.88 bits per heavy atom. The van der Waals surface area contributed by atoms with Crippen LogP contribution in [0, 0.1) is 0 Å². The first kappa shape index (κ1) is 20.3. The van der Waals surface area contributed by atoms with Gasteiger partial charge < -0.3 is 18.8 Å². The highest BCUT2D eigenvalue weighted by Crippen LogP contribution is 2.37. The third-order valence-electron chi connectivity index (χ3n) is 6.00. The second kappa shape index (κ2) is 8.22. The molecule has 8 nitrogen and oxygen atoms in total. The number of hydrogen-bond acceptors (Lipinski definition) is 6.